The van der Waals surface area contributed by atoms with Crippen LogP contribution in [0.3, 0.4) is 0 Å². The molecule has 6 heteroatoms. The first-order valence-corrected chi connectivity index (χ1v) is 13.3. The number of likely N-dealkylation sites (tertiary alicyclic amines) is 1. The third-order valence-electron chi connectivity index (χ3n) is 8.07. The van der Waals surface area contributed by atoms with Crippen LogP contribution >= 0.6 is 0 Å². The van der Waals surface area contributed by atoms with Gasteiger partial charge in [-0.2, -0.15) is 0 Å². The number of ether oxygens (including phenoxy) is 1. The molecule has 0 spiro atoms. The highest BCUT2D eigenvalue weighted by Crippen LogP contribution is 2.52. The summed E-state index contributed by atoms with van der Waals surface area (Å²) < 4.78 is 5.36. The van der Waals surface area contributed by atoms with Gasteiger partial charge in [-0.15, -0.1) is 0 Å². The highest BCUT2D eigenvalue weighted by atomic mass is 16.5. The molecule has 2 aromatic carbocycles. The van der Waals surface area contributed by atoms with Crippen molar-refractivity contribution in [3.05, 3.63) is 65.7 Å². The van der Waals surface area contributed by atoms with Crippen molar-refractivity contribution < 1.29 is 19.4 Å². The number of nitrogens with zero attached hydrogens (tertiary/aromatic N) is 1. The molecule has 4 rings (SSSR count). The number of hydrogen-bond acceptors (Lipinski definition) is 5. The van der Waals surface area contributed by atoms with Crippen molar-refractivity contribution in [3.63, 3.8) is 0 Å². The van der Waals surface area contributed by atoms with E-state index in [0.29, 0.717) is 31.6 Å². The lowest BCUT2D eigenvalue weighted by atomic mass is 9.55. The van der Waals surface area contributed by atoms with E-state index in [4.69, 9.17) is 4.74 Å². The van der Waals surface area contributed by atoms with E-state index in [0.717, 1.165) is 50.6 Å². The maximum atomic E-state index is 12.8. The van der Waals surface area contributed by atoms with Gasteiger partial charge in [0, 0.05) is 31.3 Å². The Kier molecular flexibility index (Phi) is 8.47. The lowest BCUT2D eigenvalue weighted by Gasteiger charge is -2.57. The first-order valence-electron chi connectivity index (χ1n) is 13.3. The predicted molar refractivity (Wildman–Crippen MR) is 141 cm³/mol. The highest BCUT2D eigenvalue weighted by Gasteiger charge is 2.57. The smallest absolute Gasteiger partial charge is 0.308 e. The minimum absolute atomic E-state index is 0.0166. The zero-order chi connectivity index (χ0) is 25.6. The first kappa shape index (κ1) is 26.4. The summed E-state index contributed by atoms with van der Waals surface area (Å²) in [6.07, 6.45) is 7.44. The number of aryl methyl sites for hydroxylation is 1. The first-order chi connectivity index (χ1) is 17.3. The largest absolute Gasteiger partial charge is 0.427 e. The number of piperidine rings is 1. The average Bonchev–Trinajstić information content (AvgIpc) is 2.84. The van der Waals surface area contributed by atoms with Gasteiger partial charge >= 0.3 is 5.97 Å². The van der Waals surface area contributed by atoms with E-state index >= 15 is 0 Å². The number of fused-ring (bicyclic) bond motifs is 1. The van der Waals surface area contributed by atoms with E-state index in [1.807, 2.05) is 31.3 Å². The van der Waals surface area contributed by atoms with Gasteiger partial charge in [0.1, 0.15) is 5.75 Å². The van der Waals surface area contributed by atoms with Gasteiger partial charge in [0.15, 0.2) is 0 Å². The van der Waals surface area contributed by atoms with E-state index in [9.17, 15) is 14.7 Å². The summed E-state index contributed by atoms with van der Waals surface area (Å²) in [6, 6.07) is 18.1. The molecule has 1 amide bonds. The number of benzene rings is 2. The van der Waals surface area contributed by atoms with Gasteiger partial charge in [-0.3, -0.25) is 9.59 Å². The summed E-state index contributed by atoms with van der Waals surface area (Å²) in [5, 5.41) is 15.2. The van der Waals surface area contributed by atoms with Crippen LogP contribution in [0.1, 0.15) is 69.4 Å². The van der Waals surface area contributed by atoms with Crippen molar-refractivity contribution in [1.29, 1.82) is 0 Å². The van der Waals surface area contributed by atoms with Gasteiger partial charge in [0.25, 0.3) is 0 Å². The number of carbonyl (C=O) groups is 2. The number of nitrogens with one attached hydrogen (secondary N) is 1. The van der Waals surface area contributed by atoms with Gasteiger partial charge < -0.3 is 20.1 Å². The molecule has 2 N–H and O–H groups in total. The number of esters is 1. The fourth-order valence-electron chi connectivity index (χ4n) is 6.25. The van der Waals surface area contributed by atoms with Crippen LogP contribution < -0.4 is 10.1 Å². The number of carbonyl (C=O) groups excluding carboxylic acids is 2. The van der Waals surface area contributed by atoms with Crippen LogP contribution in [0.15, 0.2) is 54.6 Å². The fourth-order valence-corrected chi connectivity index (χ4v) is 6.25. The molecule has 1 aliphatic heterocycles. The molecular weight excluding hydrogens is 452 g/mol. The third kappa shape index (κ3) is 6.16. The molecule has 3 atom stereocenters. The van der Waals surface area contributed by atoms with Crippen molar-refractivity contribution in [1.82, 2.24) is 10.2 Å². The number of β-amino-alcohol motifs (C(OH)–C–C–N with tert-alkyl or cyclic N) is 1. The van der Waals surface area contributed by atoms with Gasteiger partial charge in [-0.05, 0) is 81.8 Å². The zero-order valence-electron chi connectivity index (χ0n) is 21.7. The van der Waals surface area contributed by atoms with Crippen LogP contribution in [0.25, 0.3) is 0 Å². The van der Waals surface area contributed by atoms with E-state index in [1.165, 1.54) is 12.5 Å². The predicted octanol–water partition coefficient (Wildman–Crippen LogP) is 4.39. The minimum Gasteiger partial charge on any atom is -0.427 e. The van der Waals surface area contributed by atoms with Crippen LogP contribution in [0.2, 0.25) is 0 Å². The number of aliphatic hydroxyl groups is 1. The normalized spacial score (nSPS) is 26.1. The number of amides is 1. The Labute approximate surface area is 215 Å². The third-order valence-corrected chi connectivity index (χ3v) is 8.07. The molecule has 2 aliphatic rings. The summed E-state index contributed by atoms with van der Waals surface area (Å²) in [7, 11) is 2.04. The Balaban J connectivity index is 1.38. The van der Waals surface area contributed by atoms with E-state index < -0.39 is 11.0 Å². The molecule has 1 heterocycles. The summed E-state index contributed by atoms with van der Waals surface area (Å²) >= 11 is 0. The monoisotopic (exact) mass is 492 g/mol. The molecule has 1 aliphatic carbocycles. The second-order valence-electron chi connectivity index (χ2n) is 10.8. The maximum Gasteiger partial charge on any atom is 0.308 e. The number of hydrogen-bond donors (Lipinski definition) is 2. The Morgan fingerprint density at radius 3 is 2.67 bits per heavy atom. The maximum absolute atomic E-state index is 12.8. The van der Waals surface area contributed by atoms with Crippen molar-refractivity contribution in [2.75, 3.05) is 20.1 Å². The van der Waals surface area contributed by atoms with Crippen molar-refractivity contribution >= 4 is 11.9 Å². The minimum atomic E-state index is -0.895. The Morgan fingerprint density at radius 1 is 1.08 bits per heavy atom. The van der Waals surface area contributed by atoms with Crippen molar-refractivity contribution in [2.45, 2.75) is 81.8 Å². The van der Waals surface area contributed by atoms with Crippen LogP contribution in [0.4, 0.5) is 0 Å². The summed E-state index contributed by atoms with van der Waals surface area (Å²) in [6.45, 7) is 2.85. The van der Waals surface area contributed by atoms with Crippen LogP contribution in [0, 0.1) is 0 Å². The fraction of sp³-hybridized carbons (Fsp3) is 0.533. The number of likely N-dealkylation sites (N-methyl/N-ethyl adjacent to an activating group) is 1. The van der Waals surface area contributed by atoms with Gasteiger partial charge in [0.05, 0.1) is 5.60 Å². The van der Waals surface area contributed by atoms with Gasteiger partial charge in [0.2, 0.25) is 5.91 Å². The lowest BCUT2D eigenvalue weighted by molar-refractivity contribution is -0.132. The second-order valence-corrected chi connectivity index (χ2v) is 10.8. The molecule has 0 bridgehead atoms. The molecule has 1 saturated carbocycles. The second kappa shape index (κ2) is 11.6. The number of rotatable bonds is 9. The Morgan fingerprint density at radius 2 is 1.89 bits per heavy atom. The van der Waals surface area contributed by atoms with Crippen LogP contribution in [-0.4, -0.2) is 53.7 Å². The van der Waals surface area contributed by atoms with E-state index in [-0.39, 0.29) is 17.9 Å². The SMILES string of the molecule is CC(=O)Oc1cccc([C@@]23CCN(C)C[C@@]2(O)CC[C@@H](NC(=O)CCCCCc2ccccc2)C3)c1. The molecule has 36 heavy (non-hydrogen) atoms. The van der Waals surface area contributed by atoms with E-state index in [1.54, 1.807) is 6.07 Å². The molecule has 2 aromatic rings. The summed E-state index contributed by atoms with van der Waals surface area (Å²) in [4.78, 5) is 26.5. The molecular formula is C30H40N2O4. The zero-order valence-corrected chi connectivity index (χ0v) is 21.7. The molecule has 2 fully saturated rings. The molecule has 0 unspecified atom stereocenters. The summed E-state index contributed by atoms with van der Waals surface area (Å²) in [5.41, 5.74) is 0.935. The van der Waals surface area contributed by atoms with E-state index in [2.05, 4.69) is 34.5 Å². The van der Waals surface area contributed by atoms with Crippen LogP contribution in [-0.2, 0) is 21.4 Å². The molecule has 1 saturated heterocycles. The molecule has 0 radical (unpaired) electrons. The average molecular weight is 493 g/mol. The number of unbranched alkanes of at least 4 members (excludes halogenated alkanes) is 2. The van der Waals surface area contributed by atoms with Crippen molar-refractivity contribution in [3.8, 4) is 5.75 Å². The molecule has 6 nitrogen and oxygen atoms in total. The standard InChI is InChI=1S/C30H40N2O4/c1-23(33)36-27-14-9-13-25(20-27)29-18-19-32(2)22-30(29,35)17-16-26(21-29)31-28(34)15-8-4-7-12-24-10-5-3-6-11-24/h3,5-6,9-11,13-14,20,26,35H,4,7-8,12,15-19,21-22H2,1-2H3,(H,31,34)/t26-,29+,30+/m1/s1. The molecule has 194 valence electrons. The highest BCUT2D eigenvalue weighted by molar-refractivity contribution is 5.76. The Hall–Kier alpha value is -2.70. The Bertz CT molecular complexity index is 1040. The van der Waals surface area contributed by atoms with Crippen molar-refractivity contribution in [2.24, 2.45) is 0 Å². The molecule has 0 aromatic heterocycles. The van der Waals surface area contributed by atoms with Gasteiger partial charge in [-0.25, -0.2) is 0 Å². The topological polar surface area (TPSA) is 78.9 Å². The summed E-state index contributed by atoms with van der Waals surface area (Å²) in [5.74, 6) is 0.236. The lowest BCUT2D eigenvalue weighted by Crippen LogP contribution is -2.66. The quantitative estimate of drug-likeness (QED) is 0.308. The van der Waals surface area contributed by atoms with Crippen LogP contribution in [0.5, 0.6) is 5.75 Å². The van der Waals surface area contributed by atoms with Gasteiger partial charge in [-0.1, -0.05) is 48.9 Å².